The van der Waals surface area contributed by atoms with Gasteiger partial charge in [-0.2, -0.15) is 0 Å². The normalized spacial score (nSPS) is 20.8. The molecule has 1 aromatic rings. The summed E-state index contributed by atoms with van der Waals surface area (Å²) in [6.45, 7) is 9.24. The van der Waals surface area contributed by atoms with E-state index in [1.807, 2.05) is 0 Å². The summed E-state index contributed by atoms with van der Waals surface area (Å²) in [4.78, 5) is 5.02. The maximum atomic E-state index is 3.51. The molecule has 2 atom stereocenters. The Kier molecular flexibility index (Phi) is 5.58. The van der Waals surface area contributed by atoms with Gasteiger partial charge in [0.2, 0.25) is 0 Å². The number of nitrogens with zero attached hydrogens (tertiary/aromatic N) is 2. The molecule has 1 N–H and O–H groups in total. The van der Waals surface area contributed by atoms with E-state index in [0.717, 1.165) is 6.42 Å². The summed E-state index contributed by atoms with van der Waals surface area (Å²) in [5, 5.41) is 3.51. The number of aryl methyl sites for hydroxylation is 1. The quantitative estimate of drug-likeness (QED) is 0.888. The lowest BCUT2D eigenvalue weighted by atomic mass is 9.97. The second-order valence-electron chi connectivity index (χ2n) is 5.94. The Hall–Kier alpha value is -0.900. The van der Waals surface area contributed by atoms with Crippen molar-refractivity contribution in [3.8, 4) is 0 Å². The first-order chi connectivity index (χ1) is 9.65. The van der Waals surface area contributed by atoms with E-state index in [0.29, 0.717) is 12.1 Å². The van der Waals surface area contributed by atoms with Crippen LogP contribution in [-0.4, -0.2) is 56.1 Å². The van der Waals surface area contributed by atoms with E-state index in [2.05, 4.69) is 67.3 Å². The zero-order valence-electron chi connectivity index (χ0n) is 13.4. The standard InChI is InChI=1S/C17H29N3/c1-5-15-6-8-16(9-7-15)17(18-3)14(2)20-12-10-19(4)11-13-20/h6-9,14,17-18H,5,10-13H2,1-4H3. The van der Waals surface area contributed by atoms with Gasteiger partial charge < -0.3 is 10.2 Å². The molecule has 1 aliphatic rings. The van der Waals surface area contributed by atoms with Crippen LogP contribution in [0.2, 0.25) is 0 Å². The van der Waals surface area contributed by atoms with Gasteiger partial charge in [0, 0.05) is 38.3 Å². The van der Waals surface area contributed by atoms with Crippen LogP contribution in [0.5, 0.6) is 0 Å². The van der Waals surface area contributed by atoms with Crippen molar-refractivity contribution < 1.29 is 0 Å². The minimum atomic E-state index is 0.407. The molecular weight excluding hydrogens is 246 g/mol. The number of piperazine rings is 1. The number of hydrogen-bond donors (Lipinski definition) is 1. The van der Waals surface area contributed by atoms with Crippen molar-refractivity contribution in [2.24, 2.45) is 0 Å². The van der Waals surface area contributed by atoms with Gasteiger partial charge in [0.15, 0.2) is 0 Å². The van der Waals surface area contributed by atoms with Gasteiger partial charge in [-0.1, -0.05) is 31.2 Å². The summed E-state index contributed by atoms with van der Waals surface area (Å²) >= 11 is 0. The van der Waals surface area contributed by atoms with E-state index in [1.165, 1.54) is 37.3 Å². The molecule has 0 saturated carbocycles. The molecule has 1 aromatic carbocycles. The third-order valence-electron chi connectivity index (χ3n) is 4.65. The highest BCUT2D eigenvalue weighted by Crippen LogP contribution is 2.22. The zero-order valence-corrected chi connectivity index (χ0v) is 13.4. The number of hydrogen-bond acceptors (Lipinski definition) is 3. The molecule has 1 heterocycles. The third kappa shape index (κ3) is 3.60. The first kappa shape index (κ1) is 15.5. The Morgan fingerprint density at radius 1 is 1.10 bits per heavy atom. The first-order valence-electron chi connectivity index (χ1n) is 7.84. The van der Waals surface area contributed by atoms with Crippen LogP contribution >= 0.6 is 0 Å². The molecule has 1 aliphatic heterocycles. The van der Waals surface area contributed by atoms with Gasteiger partial charge in [0.05, 0.1) is 0 Å². The highest BCUT2D eigenvalue weighted by atomic mass is 15.3. The Bertz CT molecular complexity index is 393. The average molecular weight is 275 g/mol. The summed E-state index contributed by atoms with van der Waals surface area (Å²) < 4.78 is 0. The van der Waals surface area contributed by atoms with Crippen molar-refractivity contribution in [1.82, 2.24) is 15.1 Å². The van der Waals surface area contributed by atoms with E-state index >= 15 is 0 Å². The largest absolute Gasteiger partial charge is 0.312 e. The van der Waals surface area contributed by atoms with Crippen LogP contribution in [0.25, 0.3) is 0 Å². The summed E-state index contributed by atoms with van der Waals surface area (Å²) in [5.41, 5.74) is 2.81. The molecule has 1 fully saturated rings. The Morgan fingerprint density at radius 3 is 2.20 bits per heavy atom. The van der Waals surface area contributed by atoms with Gasteiger partial charge >= 0.3 is 0 Å². The lowest BCUT2D eigenvalue weighted by Gasteiger charge is -2.40. The number of rotatable bonds is 5. The predicted molar refractivity (Wildman–Crippen MR) is 86.2 cm³/mol. The molecule has 20 heavy (non-hydrogen) atoms. The molecule has 0 aromatic heterocycles. The second kappa shape index (κ2) is 7.21. The van der Waals surface area contributed by atoms with Gasteiger partial charge in [-0.25, -0.2) is 0 Å². The molecule has 0 aliphatic carbocycles. The van der Waals surface area contributed by atoms with Crippen LogP contribution in [0, 0.1) is 0 Å². The maximum absolute atomic E-state index is 3.51. The fourth-order valence-corrected chi connectivity index (χ4v) is 3.09. The topological polar surface area (TPSA) is 18.5 Å². The van der Waals surface area contributed by atoms with Gasteiger partial charge in [0.25, 0.3) is 0 Å². The smallest absolute Gasteiger partial charge is 0.0473 e. The summed E-state index contributed by atoms with van der Waals surface area (Å²) in [6.07, 6.45) is 1.11. The van der Waals surface area contributed by atoms with Crippen molar-refractivity contribution >= 4 is 0 Å². The van der Waals surface area contributed by atoms with Gasteiger partial charge in [0.1, 0.15) is 0 Å². The average Bonchev–Trinajstić information content (AvgIpc) is 2.49. The van der Waals surface area contributed by atoms with Crippen molar-refractivity contribution in [3.05, 3.63) is 35.4 Å². The molecule has 2 unspecified atom stereocenters. The van der Waals surface area contributed by atoms with Crippen molar-refractivity contribution in [2.75, 3.05) is 40.3 Å². The summed E-state index contributed by atoms with van der Waals surface area (Å²) in [5.74, 6) is 0. The Balaban J connectivity index is 2.06. The minimum absolute atomic E-state index is 0.407. The molecule has 0 spiro atoms. The maximum Gasteiger partial charge on any atom is 0.0473 e. The van der Waals surface area contributed by atoms with Crippen LogP contribution < -0.4 is 5.32 Å². The van der Waals surface area contributed by atoms with Crippen LogP contribution in [0.15, 0.2) is 24.3 Å². The number of nitrogens with one attached hydrogen (secondary N) is 1. The van der Waals surface area contributed by atoms with Gasteiger partial charge in [-0.3, -0.25) is 4.90 Å². The molecule has 3 heteroatoms. The minimum Gasteiger partial charge on any atom is -0.312 e. The van der Waals surface area contributed by atoms with E-state index in [9.17, 15) is 0 Å². The molecule has 0 bridgehead atoms. The van der Waals surface area contributed by atoms with Crippen LogP contribution in [0.4, 0.5) is 0 Å². The fourth-order valence-electron chi connectivity index (χ4n) is 3.09. The van der Waals surface area contributed by atoms with E-state index in [4.69, 9.17) is 0 Å². The van der Waals surface area contributed by atoms with E-state index < -0.39 is 0 Å². The van der Waals surface area contributed by atoms with Gasteiger partial charge in [-0.15, -0.1) is 0 Å². The Morgan fingerprint density at radius 2 is 1.70 bits per heavy atom. The zero-order chi connectivity index (χ0) is 14.5. The molecule has 2 rings (SSSR count). The van der Waals surface area contributed by atoms with Gasteiger partial charge in [-0.05, 0) is 38.6 Å². The van der Waals surface area contributed by atoms with Crippen LogP contribution in [0.3, 0.4) is 0 Å². The number of benzene rings is 1. The lowest BCUT2D eigenvalue weighted by molar-refractivity contribution is 0.100. The summed E-state index contributed by atoms with van der Waals surface area (Å²) in [7, 11) is 4.28. The molecule has 3 nitrogen and oxygen atoms in total. The monoisotopic (exact) mass is 275 g/mol. The Labute approximate surface area is 124 Å². The van der Waals surface area contributed by atoms with Crippen molar-refractivity contribution in [3.63, 3.8) is 0 Å². The van der Waals surface area contributed by atoms with Crippen molar-refractivity contribution in [1.29, 1.82) is 0 Å². The molecular formula is C17H29N3. The highest BCUT2D eigenvalue weighted by Gasteiger charge is 2.25. The molecule has 0 amide bonds. The first-order valence-corrected chi connectivity index (χ1v) is 7.84. The van der Waals surface area contributed by atoms with Crippen LogP contribution in [-0.2, 0) is 6.42 Å². The molecule has 1 saturated heterocycles. The molecule has 112 valence electrons. The second-order valence-corrected chi connectivity index (χ2v) is 5.94. The van der Waals surface area contributed by atoms with Crippen molar-refractivity contribution in [2.45, 2.75) is 32.4 Å². The summed E-state index contributed by atoms with van der Waals surface area (Å²) in [6, 6.07) is 10.0. The predicted octanol–water partition coefficient (Wildman–Crippen LogP) is 2.15. The lowest BCUT2D eigenvalue weighted by Crippen LogP contribution is -2.51. The SMILES string of the molecule is CCc1ccc(C(NC)C(C)N2CCN(C)CC2)cc1. The van der Waals surface area contributed by atoms with E-state index in [-0.39, 0.29) is 0 Å². The van der Waals surface area contributed by atoms with E-state index in [1.54, 1.807) is 0 Å². The van der Waals surface area contributed by atoms with Crippen LogP contribution in [0.1, 0.15) is 31.0 Å². The fraction of sp³-hybridized carbons (Fsp3) is 0.647. The third-order valence-corrected chi connectivity index (χ3v) is 4.65. The number of likely N-dealkylation sites (N-methyl/N-ethyl adjacent to an activating group) is 2. The highest BCUT2D eigenvalue weighted by molar-refractivity contribution is 5.26. The molecule has 0 radical (unpaired) electrons.